The van der Waals surface area contributed by atoms with Crippen molar-refractivity contribution in [2.75, 3.05) is 31.6 Å². The monoisotopic (exact) mass is 373 g/mol. The Morgan fingerprint density at radius 2 is 1.96 bits per heavy atom. The first-order chi connectivity index (χ1) is 13.0. The first-order valence-electron chi connectivity index (χ1n) is 10.3. The number of likely N-dealkylation sites (tertiary alicyclic amines) is 1. The van der Waals surface area contributed by atoms with Gasteiger partial charge in [0.1, 0.15) is 0 Å². The van der Waals surface area contributed by atoms with Gasteiger partial charge < -0.3 is 19.6 Å². The van der Waals surface area contributed by atoms with Gasteiger partial charge in [-0.05, 0) is 57.9 Å². The summed E-state index contributed by atoms with van der Waals surface area (Å²) in [5, 5.41) is 9.78. The molecule has 0 bridgehead atoms. The fourth-order valence-electron chi connectivity index (χ4n) is 5.26. The predicted molar refractivity (Wildman–Crippen MR) is 104 cm³/mol. The van der Waals surface area contributed by atoms with E-state index in [1.165, 1.54) is 0 Å². The van der Waals surface area contributed by atoms with Gasteiger partial charge in [-0.25, -0.2) is 4.98 Å². The van der Waals surface area contributed by atoms with Gasteiger partial charge >= 0.3 is 0 Å². The minimum absolute atomic E-state index is 0.177. The Morgan fingerprint density at radius 1 is 1.19 bits per heavy atom. The molecule has 3 heterocycles. The molecule has 1 atom stereocenters. The van der Waals surface area contributed by atoms with Crippen LogP contribution >= 0.6 is 0 Å². The van der Waals surface area contributed by atoms with Crippen LogP contribution in [0.3, 0.4) is 0 Å². The summed E-state index contributed by atoms with van der Waals surface area (Å²) in [6.07, 6.45) is 6.32. The first kappa shape index (κ1) is 18.5. The van der Waals surface area contributed by atoms with Crippen LogP contribution in [0.15, 0.2) is 12.1 Å². The zero-order valence-corrected chi connectivity index (χ0v) is 16.5. The van der Waals surface area contributed by atoms with Crippen LogP contribution in [0.25, 0.3) is 0 Å². The molecule has 1 aromatic rings. The van der Waals surface area contributed by atoms with Crippen LogP contribution in [-0.2, 0) is 4.79 Å². The minimum atomic E-state index is -0.249. The second kappa shape index (κ2) is 7.30. The highest BCUT2D eigenvalue weighted by atomic mass is 16.5. The van der Waals surface area contributed by atoms with E-state index in [2.05, 4.69) is 20.9 Å². The highest BCUT2D eigenvalue weighted by Gasteiger charge is 2.50. The molecule has 0 unspecified atom stereocenters. The van der Waals surface area contributed by atoms with Crippen molar-refractivity contribution in [3.63, 3.8) is 0 Å². The van der Waals surface area contributed by atoms with Crippen LogP contribution in [0.5, 0.6) is 5.88 Å². The maximum absolute atomic E-state index is 13.4. The number of nitrogens with zero attached hydrogens (tertiary/aromatic N) is 3. The van der Waals surface area contributed by atoms with Crippen molar-refractivity contribution in [3.05, 3.63) is 17.8 Å². The summed E-state index contributed by atoms with van der Waals surface area (Å²) in [5.74, 6) is 0.971. The Kier molecular flexibility index (Phi) is 5.01. The second-order valence-electron chi connectivity index (χ2n) is 8.47. The Morgan fingerprint density at radius 3 is 2.67 bits per heavy atom. The molecule has 6 heteroatoms. The van der Waals surface area contributed by atoms with Crippen molar-refractivity contribution in [3.8, 4) is 5.88 Å². The number of ether oxygens (including phenoxy) is 1. The number of aryl methyl sites for hydroxylation is 1. The molecule has 3 fully saturated rings. The van der Waals surface area contributed by atoms with Crippen LogP contribution in [0.4, 0.5) is 5.69 Å². The molecule has 3 aliphatic rings. The lowest BCUT2D eigenvalue weighted by Crippen LogP contribution is -2.50. The van der Waals surface area contributed by atoms with Gasteiger partial charge in [0.2, 0.25) is 11.8 Å². The molecule has 6 nitrogen and oxygen atoms in total. The SMILES string of the molecule is COc1ccc(N2CCC[C@@]3(CCN([C@H]4CC[C@H](O)CC4)C3=O)C2)c(C)n1. The van der Waals surface area contributed by atoms with E-state index >= 15 is 0 Å². The van der Waals surface area contributed by atoms with Crippen molar-refractivity contribution < 1.29 is 14.6 Å². The number of aromatic nitrogens is 1. The number of pyridine rings is 1. The zero-order chi connectivity index (χ0) is 19.0. The van der Waals surface area contributed by atoms with Crippen LogP contribution in [0, 0.1) is 12.3 Å². The highest BCUT2D eigenvalue weighted by Crippen LogP contribution is 2.43. The number of aliphatic hydroxyl groups excluding tert-OH is 1. The number of aliphatic hydroxyl groups is 1. The number of hydrogen-bond acceptors (Lipinski definition) is 5. The van der Waals surface area contributed by atoms with E-state index in [9.17, 15) is 9.90 Å². The van der Waals surface area contributed by atoms with Crippen molar-refractivity contribution >= 4 is 11.6 Å². The zero-order valence-electron chi connectivity index (χ0n) is 16.5. The van der Waals surface area contributed by atoms with E-state index in [-0.39, 0.29) is 11.5 Å². The van der Waals surface area contributed by atoms with Crippen molar-refractivity contribution in [1.82, 2.24) is 9.88 Å². The molecule has 1 spiro atoms. The summed E-state index contributed by atoms with van der Waals surface area (Å²) in [6, 6.07) is 4.29. The largest absolute Gasteiger partial charge is 0.481 e. The maximum atomic E-state index is 13.4. The van der Waals surface area contributed by atoms with Crippen molar-refractivity contribution in [2.45, 2.75) is 64.0 Å². The number of anilines is 1. The maximum Gasteiger partial charge on any atom is 0.230 e. The predicted octanol–water partition coefficient (Wildman–Crippen LogP) is 2.52. The lowest BCUT2D eigenvalue weighted by atomic mass is 9.78. The summed E-state index contributed by atoms with van der Waals surface area (Å²) in [7, 11) is 1.63. The van der Waals surface area contributed by atoms with Gasteiger partial charge in [-0.2, -0.15) is 0 Å². The molecule has 1 N–H and O–H groups in total. The van der Waals surface area contributed by atoms with Gasteiger partial charge in [-0.1, -0.05) is 0 Å². The van der Waals surface area contributed by atoms with Gasteiger partial charge in [-0.3, -0.25) is 4.79 Å². The minimum Gasteiger partial charge on any atom is -0.481 e. The lowest BCUT2D eigenvalue weighted by Gasteiger charge is -2.41. The van der Waals surface area contributed by atoms with Gasteiger partial charge in [0.25, 0.3) is 0 Å². The summed E-state index contributed by atoms with van der Waals surface area (Å²) < 4.78 is 5.23. The molecule has 0 aromatic carbocycles. The lowest BCUT2D eigenvalue weighted by molar-refractivity contribution is -0.139. The Balaban J connectivity index is 1.50. The van der Waals surface area contributed by atoms with E-state index in [4.69, 9.17) is 4.74 Å². The summed E-state index contributed by atoms with van der Waals surface area (Å²) in [6.45, 7) is 4.63. The van der Waals surface area contributed by atoms with Crippen molar-refractivity contribution in [2.24, 2.45) is 5.41 Å². The van der Waals surface area contributed by atoms with Crippen LogP contribution in [0.2, 0.25) is 0 Å². The Bertz CT molecular complexity index is 702. The second-order valence-corrected chi connectivity index (χ2v) is 8.47. The topological polar surface area (TPSA) is 65.9 Å². The van der Waals surface area contributed by atoms with Crippen LogP contribution in [-0.4, -0.2) is 59.8 Å². The van der Waals surface area contributed by atoms with Gasteiger partial charge in [0.05, 0.1) is 30.0 Å². The Labute approximate surface area is 161 Å². The molecular weight excluding hydrogens is 342 g/mol. The molecule has 2 aliphatic heterocycles. The average Bonchev–Trinajstić information content (AvgIpc) is 2.98. The molecule has 4 rings (SSSR count). The fraction of sp³-hybridized carbons (Fsp3) is 0.714. The summed E-state index contributed by atoms with van der Waals surface area (Å²) >= 11 is 0. The number of carbonyl (C=O) groups is 1. The third-order valence-electron chi connectivity index (χ3n) is 6.81. The van der Waals surface area contributed by atoms with E-state index < -0.39 is 0 Å². The number of amides is 1. The molecule has 1 aromatic heterocycles. The summed E-state index contributed by atoms with van der Waals surface area (Å²) in [4.78, 5) is 22.4. The molecule has 2 saturated heterocycles. The standard InChI is InChI=1S/C21H31N3O3/c1-15-18(8-9-19(22-15)27-2)23-12-3-10-21(14-23)11-13-24(20(21)26)16-4-6-17(25)7-5-16/h8-9,16-17,25H,3-7,10-14H2,1-2H3/t16-,17-,21-/m1/s1. The van der Waals surface area contributed by atoms with E-state index in [0.717, 1.165) is 76.0 Å². The molecule has 1 aliphatic carbocycles. The third-order valence-corrected chi connectivity index (χ3v) is 6.81. The molecule has 0 radical (unpaired) electrons. The van der Waals surface area contributed by atoms with Crippen LogP contribution in [0.1, 0.15) is 50.6 Å². The van der Waals surface area contributed by atoms with Gasteiger partial charge in [0, 0.05) is 31.7 Å². The van der Waals surface area contributed by atoms with Crippen molar-refractivity contribution in [1.29, 1.82) is 0 Å². The molecule has 27 heavy (non-hydrogen) atoms. The third kappa shape index (κ3) is 3.40. The number of methoxy groups -OCH3 is 1. The van der Waals surface area contributed by atoms with E-state index in [0.29, 0.717) is 17.8 Å². The fourth-order valence-corrected chi connectivity index (χ4v) is 5.26. The van der Waals surface area contributed by atoms with E-state index in [1.807, 2.05) is 13.0 Å². The molecule has 1 amide bonds. The Hall–Kier alpha value is -1.82. The number of rotatable bonds is 3. The first-order valence-corrected chi connectivity index (χ1v) is 10.3. The van der Waals surface area contributed by atoms with Gasteiger partial charge in [0.15, 0.2) is 0 Å². The van der Waals surface area contributed by atoms with Gasteiger partial charge in [-0.15, -0.1) is 0 Å². The van der Waals surface area contributed by atoms with Crippen LogP contribution < -0.4 is 9.64 Å². The number of hydrogen-bond donors (Lipinski definition) is 1. The smallest absolute Gasteiger partial charge is 0.230 e. The molecular formula is C21H31N3O3. The van der Waals surface area contributed by atoms with E-state index in [1.54, 1.807) is 7.11 Å². The quantitative estimate of drug-likeness (QED) is 0.882. The molecule has 148 valence electrons. The number of carbonyl (C=O) groups excluding carboxylic acids is 1. The summed E-state index contributed by atoms with van der Waals surface area (Å²) in [5.41, 5.74) is 1.82. The molecule has 1 saturated carbocycles. The average molecular weight is 373 g/mol. The normalized spacial score (nSPS) is 31.6. The highest BCUT2D eigenvalue weighted by molar-refractivity contribution is 5.86. The number of piperidine rings is 1.